The molecule has 1 N–H and O–H groups in total. The number of carbonyl (C=O) groups excluding carboxylic acids is 1. The van der Waals surface area contributed by atoms with Gasteiger partial charge < -0.3 is 24.1 Å². The SMILES string of the molecule is COc1cc(C)n(CCNC(=O)/C=C/c2ccc(OC)c(OC)c2)c(=O)c1. The predicted molar refractivity (Wildman–Crippen MR) is 104 cm³/mol. The van der Waals surface area contributed by atoms with Crippen molar-refractivity contribution in [2.24, 2.45) is 0 Å². The van der Waals surface area contributed by atoms with E-state index >= 15 is 0 Å². The Bertz CT molecular complexity index is 886. The number of hydrogen-bond donors (Lipinski definition) is 1. The Hall–Kier alpha value is -3.22. The van der Waals surface area contributed by atoms with Gasteiger partial charge in [0.25, 0.3) is 5.56 Å². The normalized spacial score (nSPS) is 10.7. The van der Waals surface area contributed by atoms with Gasteiger partial charge in [0.2, 0.25) is 5.91 Å². The zero-order chi connectivity index (χ0) is 19.8. The summed E-state index contributed by atoms with van der Waals surface area (Å²) in [6.07, 6.45) is 3.12. The molecule has 1 aromatic heterocycles. The van der Waals surface area contributed by atoms with Gasteiger partial charge >= 0.3 is 0 Å². The largest absolute Gasteiger partial charge is 0.496 e. The van der Waals surface area contributed by atoms with E-state index < -0.39 is 0 Å². The van der Waals surface area contributed by atoms with Crippen molar-refractivity contribution >= 4 is 12.0 Å². The van der Waals surface area contributed by atoms with E-state index in [4.69, 9.17) is 14.2 Å². The van der Waals surface area contributed by atoms with Gasteiger partial charge in [-0.1, -0.05) is 6.07 Å². The van der Waals surface area contributed by atoms with Crippen LogP contribution >= 0.6 is 0 Å². The molecule has 2 rings (SSSR count). The van der Waals surface area contributed by atoms with Gasteiger partial charge in [-0.05, 0) is 36.8 Å². The van der Waals surface area contributed by atoms with Crippen molar-refractivity contribution in [3.05, 3.63) is 58.0 Å². The predicted octanol–water partition coefficient (Wildman–Crippen LogP) is 2.01. The molecule has 1 heterocycles. The van der Waals surface area contributed by atoms with Crippen LogP contribution in [0.5, 0.6) is 17.2 Å². The zero-order valence-electron chi connectivity index (χ0n) is 15.9. The lowest BCUT2D eigenvalue weighted by Gasteiger charge is -2.11. The van der Waals surface area contributed by atoms with E-state index in [1.54, 1.807) is 43.1 Å². The molecular weight excluding hydrogens is 348 g/mol. The number of pyridine rings is 1. The summed E-state index contributed by atoms with van der Waals surface area (Å²) in [5.41, 5.74) is 1.42. The van der Waals surface area contributed by atoms with E-state index in [0.717, 1.165) is 11.3 Å². The van der Waals surface area contributed by atoms with Gasteiger partial charge in [-0.15, -0.1) is 0 Å². The van der Waals surface area contributed by atoms with Gasteiger partial charge in [0.05, 0.1) is 21.3 Å². The maximum Gasteiger partial charge on any atom is 0.254 e. The molecular formula is C20H24N2O5. The van der Waals surface area contributed by atoms with Gasteiger partial charge in [0, 0.05) is 30.9 Å². The average molecular weight is 372 g/mol. The first kappa shape index (κ1) is 20.1. The molecule has 0 radical (unpaired) electrons. The molecule has 0 saturated carbocycles. The Morgan fingerprint density at radius 2 is 1.81 bits per heavy atom. The van der Waals surface area contributed by atoms with Crippen LogP contribution < -0.4 is 25.1 Å². The number of aryl methyl sites for hydroxylation is 1. The quantitative estimate of drug-likeness (QED) is 0.717. The molecule has 2 aromatic rings. The number of amides is 1. The summed E-state index contributed by atoms with van der Waals surface area (Å²) < 4.78 is 17.1. The minimum Gasteiger partial charge on any atom is -0.496 e. The Kier molecular flexibility index (Phi) is 7.05. The molecule has 0 atom stereocenters. The second-order valence-electron chi connectivity index (χ2n) is 5.77. The number of rotatable bonds is 8. The van der Waals surface area contributed by atoms with Gasteiger partial charge in [-0.25, -0.2) is 0 Å². The van der Waals surface area contributed by atoms with Crippen LogP contribution in [-0.4, -0.2) is 38.3 Å². The highest BCUT2D eigenvalue weighted by molar-refractivity contribution is 5.91. The number of benzene rings is 1. The molecule has 0 aliphatic rings. The second-order valence-corrected chi connectivity index (χ2v) is 5.77. The highest BCUT2D eigenvalue weighted by Crippen LogP contribution is 2.27. The molecule has 0 bridgehead atoms. The minimum atomic E-state index is -0.246. The molecule has 144 valence electrons. The molecule has 0 saturated heterocycles. The minimum absolute atomic E-state index is 0.165. The van der Waals surface area contributed by atoms with Crippen LogP contribution in [0.3, 0.4) is 0 Å². The van der Waals surface area contributed by atoms with Crippen LogP contribution in [0.15, 0.2) is 41.2 Å². The van der Waals surface area contributed by atoms with Crippen molar-refractivity contribution in [1.29, 1.82) is 0 Å². The fourth-order valence-corrected chi connectivity index (χ4v) is 2.58. The van der Waals surface area contributed by atoms with Crippen molar-refractivity contribution in [1.82, 2.24) is 9.88 Å². The summed E-state index contributed by atoms with van der Waals surface area (Å²) in [7, 11) is 4.64. The summed E-state index contributed by atoms with van der Waals surface area (Å²) in [5, 5.41) is 2.76. The standard InChI is InChI=1S/C20H24N2O5/c1-14-11-16(25-2)13-20(24)22(14)10-9-21-19(23)8-6-15-5-7-17(26-3)18(12-15)27-4/h5-8,11-13H,9-10H2,1-4H3,(H,21,23)/b8-6+. The second kappa shape index (κ2) is 9.47. The number of nitrogens with one attached hydrogen (secondary N) is 1. The monoisotopic (exact) mass is 372 g/mol. The third-order valence-corrected chi connectivity index (χ3v) is 4.01. The molecule has 27 heavy (non-hydrogen) atoms. The number of ether oxygens (including phenoxy) is 3. The molecule has 0 unspecified atom stereocenters. The first-order valence-corrected chi connectivity index (χ1v) is 8.42. The number of aromatic nitrogens is 1. The Labute approximate surface area is 158 Å². The summed E-state index contributed by atoms with van der Waals surface area (Å²) in [6.45, 7) is 2.54. The third-order valence-electron chi connectivity index (χ3n) is 4.01. The van der Waals surface area contributed by atoms with Crippen LogP contribution in [0.4, 0.5) is 0 Å². The Balaban J connectivity index is 1.93. The number of hydrogen-bond acceptors (Lipinski definition) is 5. The lowest BCUT2D eigenvalue weighted by molar-refractivity contribution is -0.116. The zero-order valence-corrected chi connectivity index (χ0v) is 15.9. The van der Waals surface area contributed by atoms with Crippen LogP contribution in [0.25, 0.3) is 6.08 Å². The Morgan fingerprint density at radius 1 is 1.07 bits per heavy atom. The summed E-state index contributed by atoms with van der Waals surface area (Å²) >= 11 is 0. The average Bonchev–Trinajstić information content (AvgIpc) is 2.67. The van der Waals surface area contributed by atoms with Gasteiger partial charge in [0.15, 0.2) is 11.5 Å². The molecule has 1 aromatic carbocycles. The molecule has 7 heteroatoms. The van der Waals surface area contributed by atoms with Gasteiger partial charge in [0.1, 0.15) is 5.75 Å². The van der Waals surface area contributed by atoms with E-state index in [-0.39, 0.29) is 11.5 Å². The van der Waals surface area contributed by atoms with Crippen LogP contribution in [-0.2, 0) is 11.3 Å². The first-order chi connectivity index (χ1) is 13.0. The fourth-order valence-electron chi connectivity index (χ4n) is 2.58. The van der Waals surface area contributed by atoms with E-state index in [0.29, 0.717) is 30.3 Å². The molecule has 0 aliphatic heterocycles. The van der Waals surface area contributed by atoms with Crippen molar-refractivity contribution < 1.29 is 19.0 Å². The Morgan fingerprint density at radius 3 is 2.44 bits per heavy atom. The van der Waals surface area contributed by atoms with Crippen LogP contribution in [0.2, 0.25) is 0 Å². The first-order valence-electron chi connectivity index (χ1n) is 8.42. The van der Waals surface area contributed by atoms with Crippen molar-refractivity contribution in [2.75, 3.05) is 27.9 Å². The van der Waals surface area contributed by atoms with E-state index in [9.17, 15) is 9.59 Å². The highest BCUT2D eigenvalue weighted by atomic mass is 16.5. The smallest absolute Gasteiger partial charge is 0.254 e. The number of methoxy groups -OCH3 is 3. The molecule has 0 aliphatic carbocycles. The van der Waals surface area contributed by atoms with E-state index in [2.05, 4.69) is 5.32 Å². The van der Waals surface area contributed by atoms with Crippen LogP contribution in [0, 0.1) is 6.92 Å². The van der Waals surface area contributed by atoms with Gasteiger partial charge in [-0.3, -0.25) is 9.59 Å². The fraction of sp³-hybridized carbons (Fsp3) is 0.300. The van der Waals surface area contributed by atoms with Crippen molar-refractivity contribution in [3.8, 4) is 17.2 Å². The lowest BCUT2D eigenvalue weighted by Crippen LogP contribution is -2.30. The maximum atomic E-state index is 12.1. The lowest BCUT2D eigenvalue weighted by atomic mass is 10.2. The summed E-state index contributed by atoms with van der Waals surface area (Å²) in [6, 6.07) is 8.58. The van der Waals surface area contributed by atoms with E-state index in [1.807, 2.05) is 13.0 Å². The van der Waals surface area contributed by atoms with Crippen molar-refractivity contribution in [2.45, 2.75) is 13.5 Å². The number of carbonyl (C=O) groups is 1. The van der Waals surface area contributed by atoms with Gasteiger partial charge in [-0.2, -0.15) is 0 Å². The maximum absolute atomic E-state index is 12.1. The molecule has 0 fully saturated rings. The van der Waals surface area contributed by atoms with Crippen molar-refractivity contribution in [3.63, 3.8) is 0 Å². The summed E-state index contributed by atoms with van der Waals surface area (Å²) in [4.78, 5) is 24.0. The summed E-state index contributed by atoms with van der Waals surface area (Å²) in [5.74, 6) is 1.49. The van der Waals surface area contributed by atoms with Crippen LogP contribution in [0.1, 0.15) is 11.3 Å². The topological polar surface area (TPSA) is 78.8 Å². The molecule has 1 amide bonds. The third kappa shape index (κ3) is 5.37. The van der Waals surface area contributed by atoms with E-state index in [1.165, 1.54) is 19.3 Å². The molecule has 7 nitrogen and oxygen atoms in total. The molecule has 0 spiro atoms. The highest BCUT2D eigenvalue weighted by Gasteiger charge is 2.05. The number of nitrogens with zero attached hydrogens (tertiary/aromatic N) is 1.